The summed E-state index contributed by atoms with van der Waals surface area (Å²) in [5.41, 5.74) is 6.87. The predicted octanol–water partition coefficient (Wildman–Crippen LogP) is 2.07. The molecule has 1 amide bonds. The molecule has 1 aliphatic carbocycles. The van der Waals surface area contributed by atoms with Crippen molar-refractivity contribution in [2.75, 3.05) is 12.3 Å². The van der Waals surface area contributed by atoms with E-state index in [-0.39, 0.29) is 5.91 Å². The maximum atomic E-state index is 12.4. The standard InChI is InChI=1S/C13H19N3O/c1-2-16(10-5-3-4-6-10)13(17)11-9-15-8-7-12(11)14/h7-10H,2-6H2,1H3,(H2,14,15). The maximum Gasteiger partial charge on any atom is 0.257 e. The number of nitrogens with zero attached hydrogens (tertiary/aromatic N) is 2. The summed E-state index contributed by atoms with van der Waals surface area (Å²) >= 11 is 0. The molecule has 17 heavy (non-hydrogen) atoms. The molecule has 2 rings (SSSR count). The Morgan fingerprint density at radius 2 is 2.24 bits per heavy atom. The number of rotatable bonds is 3. The highest BCUT2D eigenvalue weighted by Crippen LogP contribution is 2.25. The Hall–Kier alpha value is -1.58. The molecule has 1 aliphatic rings. The van der Waals surface area contributed by atoms with Crippen LogP contribution >= 0.6 is 0 Å². The van der Waals surface area contributed by atoms with Crippen LogP contribution in [0.25, 0.3) is 0 Å². The van der Waals surface area contributed by atoms with Crippen molar-refractivity contribution in [1.82, 2.24) is 9.88 Å². The smallest absolute Gasteiger partial charge is 0.257 e. The summed E-state index contributed by atoms with van der Waals surface area (Å²) in [6.45, 7) is 2.75. The molecule has 0 spiro atoms. The van der Waals surface area contributed by atoms with Gasteiger partial charge in [-0.2, -0.15) is 0 Å². The lowest BCUT2D eigenvalue weighted by atomic mass is 10.1. The van der Waals surface area contributed by atoms with E-state index in [1.165, 1.54) is 12.8 Å². The number of pyridine rings is 1. The highest BCUT2D eigenvalue weighted by molar-refractivity contribution is 5.98. The molecular formula is C13H19N3O. The number of aromatic nitrogens is 1. The lowest BCUT2D eigenvalue weighted by Crippen LogP contribution is -2.39. The fourth-order valence-electron chi connectivity index (χ4n) is 2.52. The molecule has 0 saturated heterocycles. The van der Waals surface area contributed by atoms with Crippen LogP contribution in [0.1, 0.15) is 43.0 Å². The van der Waals surface area contributed by atoms with Gasteiger partial charge in [0.2, 0.25) is 0 Å². The van der Waals surface area contributed by atoms with Gasteiger partial charge in [-0.1, -0.05) is 12.8 Å². The van der Waals surface area contributed by atoms with Gasteiger partial charge < -0.3 is 10.6 Å². The molecule has 4 nitrogen and oxygen atoms in total. The fraction of sp³-hybridized carbons (Fsp3) is 0.538. The Morgan fingerprint density at radius 1 is 1.53 bits per heavy atom. The van der Waals surface area contributed by atoms with E-state index in [0.29, 0.717) is 17.3 Å². The van der Waals surface area contributed by atoms with Gasteiger partial charge in [0, 0.05) is 30.7 Å². The third kappa shape index (κ3) is 2.40. The summed E-state index contributed by atoms with van der Waals surface area (Å²) in [6.07, 6.45) is 7.83. The third-order valence-electron chi connectivity index (χ3n) is 3.45. The van der Waals surface area contributed by atoms with Gasteiger partial charge in [-0.25, -0.2) is 0 Å². The SMILES string of the molecule is CCN(C(=O)c1cnccc1N)C1CCCC1. The molecule has 1 aromatic heterocycles. The van der Waals surface area contributed by atoms with Crippen molar-refractivity contribution in [3.05, 3.63) is 24.0 Å². The zero-order chi connectivity index (χ0) is 12.3. The molecule has 1 aromatic rings. The Morgan fingerprint density at radius 3 is 2.82 bits per heavy atom. The molecule has 1 saturated carbocycles. The van der Waals surface area contributed by atoms with Crippen LogP contribution < -0.4 is 5.73 Å². The summed E-state index contributed by atoms with van der Waals surface area (Å²) in [5, 5.41) is 0. The first-order valence-corrected chi connectivity index (χ1v) is 6.24. The van der Waals surface area contributed by atoms with E-state index >= 15 is 0 Å². The van der Waals surface area contributed by atoms with E-state index in [9.17, 15) is 4.79 Å². The second kappa shape index (κ2) is 5.17. The van der Waals surface area contributed by atoms with Crippen molar-refractivity contribution in [1.29, 1.82) is 0 Å². The second-order valence-corrected chi connectivity index (χ2v) is 4.49. The molecule has 2 N–H and O–H groups in total. The molecule has 92 valence electrons. The number of hydrogen-bond acceptors (Lipinski definition) is 3. The molecule has 1 fully saturated rings. The summed E-state index contributed by atoms with van der Waals surface area (Å²) in [7, 11) is 0. The lowest BCUT2D eigenvalue weighted by Gasteiger charge is -2.28. The van der Waals surface area contributed by atoms with E-state index in [1.54, 1.807) is 18.5 Å². The van der Waals surface area contributed by atoms with Gasteiger partial charge in [0.1, 0.15) is 0 Å². The molecule has 0 aromatic carbocycles. The second-order valence-electron chi connectivity index (χ2n) is 4.49. The summed E-state index contributed by atoms with van der Waals surface area (Å²) in [4.78, 5) is 18.3. The maximum absolute atomic E-state index is 12.4. The fourth-order valence-corrected chi connectivity index (χ4v) is 2.52. The number of nitrogens with two attached hydrogens (primary N) is 1. The Labute approximate surface area is 102 Å². The number of amides is 1. The van der Waals surface area contributed by atoms with E-state index in [4.69, 9.17) is 5.73 Å². The molecule has 0 unspecified atom stereocenters. The molecule has 4 heteroatoms. The lowest BCUT2D eigenvalue weighted by molar-refractivity contribution is 0.0694. The van der Waals surface area contributed by atoms with Crippen molar-refractivity contribution in [3.63, 3.8) is 0 Å². The van der Waals surface area contributed by atoms with Crippen molar-refractivity contribution >= 4 is 11.6 Å². The first kappa shape index (κ1) is 11.9. The molecule has 0 radical (unpaired) electrons. The van der Waals surface area contributed by atoms with E-state index in [1.807, 2.05) is 11.8 Å². The van der Waals surface area contributed by atoms with Gasteiger partial charge >= 0.3 is 0 Å². The zero-order valence-corrected chi connectivity index (χ0v) is 10.2. The molecule has 1 heterocycles. The van der Waals surface area contributed by atoms with Crippen molar-refractivity contribution in [3.8, 4) is 0 Å². The summed E-state index contributed by atoms with van der Waals surface area (Å²) < 4.78 is 0. The van der Waals surface area contributed by atoms with Crippen LogP contribution in [0, 0.1) is 0 Å². The van der Waals surface area contributed by atoms with Crippen molar-refractivity contribution in [2.24, 2.45) is 0 Å². The first-order chi connectivity index (χ1) is 8.24. The Balaban J connectivity index is 2.20. The van der Waals surface area contributed by atoms with Gasteiger partial charge in [-0.3, -0.25) is 9.78 Å². The van der Waals surface area contributed by atoms with Gasteiger partial charge in [-0.05, 0) is 25.8 Å². The average molecular weight is 233 g/mol. The van der Waals surface area contributed by atoms with Gasteiger partial charge in [-0.15, -0.1) is 0 Å². The van der Waals surface area contributed by atoms with Gasteiger partial charge in [0.15, 0.2) is 0 Å². The van der Waals surface area contributed by atoms with Crippen molar-refractivity contribution in [2.45, 2.75) is 38.6 Å². The number of hydrogen-bond donors (Lipinski definition) is 1. The number of anilines is 1. The van der Waals surface area contributed by atoms with Gasteiger partial charge in [0.05, 0.1) is 5.56 Å². The highest BCUT2D eigenvalue weighted by atomic mass is 16.2. The van der Waals surface area contributed by atoms with Crippen LogP contribution in [-0.4, -0.2) is 28.4 Å². The minimum absolute atomic E-state index is 0.0185. The van der Waals surface area contributed by atoms with Crippen LogP contribution in [-0.2, 0) is 0 Å². The topological polar surface area (TPSA) is 59.2 Å². The van der Waals surface area contributed by atoms with Crippen LogP contribution in [0.5, 0.6) is 0 Å². The van der Waals surface area contributed by atoms with Crippen LogP contribution in [0.2, 0.25) is 0 Å². The summed E-state index contributed by atoms with van der Waals surface area (Å²) in [5.74, 6) is 0.0185. The largest absolute Gasteiger partial charge is 0.398 e. The van der Waals surface area contributed by atoms with Gasteiger partial charge in [0.25, 0.3) is 5.91 Å². The Bertz CT molecular complexity index is 399. The van der Waals surface area contributed by atoms with Crippen LogP contribution in [0.15, 0.2) is 18.5 Å². The van der Waals surface area contributed by atoms with E-state index < -0.39 is 0 Å². The normalized spacial score (nSPS) is 16.1. The first-order valence-electron chi connectivity index (χ1n) is 6.24. The molecule has 0 bridgehead atoms. The number of carbonyl (C=O) groups excluding carboxylic acids is 1. The molecule has 0 aliphatic heterocycles. The molecule has 0 atom stereocenters. The monoisotopic (exact) mass is 233 g/mol. The molecular weight excluding hydrogens is 214 g/mol. The predicted molar refractivity (Wildman–Crippen MR) is 67.6 cm³/mol. The van der Waals surface area contributed by atoms with Crippen molar-refractivity contribution < 1.29 is 4.79 Å². The minimum atomic E-state index is 0.0185. The van der Waals surface area contributed by atoms with Crippen LogP contribution in [0.4, 0.5) is 5.69 Å². The van der Waals surface area contributed by atoms with E-state index in [0.717, 1.165) is 19.4 Å². The number of nitrogen functional groups attached to an aromatic ring is 1. The highest BCUT2D eigenvalue weighted by Gasteiger charge is 2.27. The zero-order valence-electron chi connectivity index (χ0n) is 10.2. The Kier molecular flexibility index (Phi) is 3.61. The summed E-state index contributed by atoms with van der Waals surface area (Å²) in [6, 6.07) is 2.06. The minimum Gasteiger partial charge on any atom is -0.398 e. The average Bonchev–Trinajstić information content (AvgIpc) is 2.84. The third-order valence-corrected chi connectivity index (χ3v) is 3.45. The van der Waals surface area contributed by atoms with E-state index in [2.05, 4.69) is 4.98 Å². The van der Waals surface area contributed by atoms with Crippen LogP contribution in [0.3, 0.4) is 0 Å². The number of carbonyl (C=O) groups is 1. The quantitative estimate of drug-likeness (QED) is 0.869.